The minimum atomic E-state index is 0.0428. The summed E-state index contributed by atoms with van der Waals surface area (Å²) in [6.07, 6.45) is 1.97. The van der Waals surface area contributed by atoms with Crippen LogP contribution in [-0.2, 0) is 17.6 Å². The first-order valence-electron chi connectivity index (χ1n) is 7.30. The average Bonchev–Trinajstić information content (AvgIpc) is 3.09. The summed E-state index contributed by atoms with van der Waals surface area (Å²) < 4.78 is 5.87. The second-order valence-electron chi connectivity index (χ2n) is 5.50. The first kappa shape index (κ1) is 14.8. The smallest absolute Gasteiger partial charge is 0.222 e. The molecule has 6 heteroatoms. The lowest BCUT2D eigenvalue weighted by atomic mass is 10.1. The number of likely N-dealkylation sites (N-methyl/N-ethyl adjacent to an activating group) is 1. The number of nitrogens with zero attached hydrogens (tertiary/aromatic N) is 2. The molecule has 22 heavy (non-hydrogen) atoms. The Morgan fingerprint density at radius 2 is 2.32 bits per heavy atom. The molecule has 0 saturated carbocycles. The lowest BCUT2D eigenvalue weighted by molar-refractivity contribution is -0.130. The highest BCUT2D eigenvalue weighted by Crippen LogP contribution is 2.28. The quantitative estimate of drug-likeness (QED) is 0.917. The minimum absolute atomic E-state index is 0.0428. The number of carbonyl (C=O) groups is 1. The van der Waals surface area contributed by atoms with Crippen molar-refractivity contribution in [3.8, 4) is 5.75 Å². The van der Waals surface area contributed by atoms with E-state index >= 15 is 0 Å². The Morgan fingerprint density at radius 3 is 3.05 bits per heavy atom. The van der Waals surface area contributed by atoms with Crippen molar-refractivity contribution in [3.63, 3.8) is 0 Å². The van der Waals surface area contributed by atoms with Crippen LogP contribution in [0.5, 0.6) is 5.75 Å². The number of amides is 1. The van der Waals surface area contributed by atoms with Crippen LogP contribution in [0.25, 0.3) is 0 Å². The number of para-hydroxylation sites is 1. The zero-order valence-electron chi connectivity index (χ0n) is 12.5. The van der Waals surface area contributed by atoms with Gasteiger partial charge in [0.25, 0.3) is 0 Å². The highest BCUT2D eigenvalue weighted by molar-refractivity contribution is 7.13. The fourth-order valence-electron chi connectivity index (χ4n) is 2.63. The Bertz CT molecular complexity index is 646. The van der Waals surface area contributed by atoms with E-state index in [0.717, 1.165) is 17.9 Å². The molecule has 0 aliphatic carbocycles. The zero-order chi connectivity index (χ0) is 15.5. The summed E-state index contributed by atoms with van der Waals surface area (Å²) in [5, 5.41) is 2.45. The Kier molecular flexibility index (Phi) is 4.29. The van der Waals surface area contributed by atoms with E-state index in [-0.39, 0.29) is 12.0 Å². The van der Waals surface area contributed by atoms with Gasteiger partial charge in [0.1, 0.15) is 11.9 Å². The summed E-state index contributed by atoms with van der Waals surface area (Å²) in [4.78, 5) is 18.1. The molecule has 1 aromatic carbocycles. The van der Waals surface area contributed by atoms with Crippen LogP contribution in [0.3, 0.4) is 0 Å². The van der Waals surface area contributed by atoms with Crippen LogP contribution in [0.2, 0.25) is 0 Å². The Labute approximate surface area is 133 Å². The lowest BCUT2D eigenvalue weighted by Crippen LogP contribution is -2.36. The number of aromatic nitrogens is 1. The number of nitrogen functional groups attached to an aromatic ring is 1. The first-order chi connectivity index (χ1) is 10.6. The monoisotopic (exact) mass is 317 g/mol. The number of hydrogen-bond donors (Lipinski definition) is 1. The van der Waals surface area contributed by atoms with E-state index in [1.807, 2.05) is 30.6 Å². The van der Waals surface area contributed by atoms with E-state index in [9.17, 15) is 4.79 Å². The number of rotatable bonds is 5. The standard InChI is InChI=1S/C16H19N3O2S/c1-19(15(20)7-6-12-10-22-16(17)18-12)9-13-8-11-4-2-3-5-14(11)21-13/h2-5,10,13H,6-9H2,1H3,(H2,17,18)/t13-/m0/s1. The summed E-state index contributed by atoms with van der Waals surface area (Å²) in [5.74, 6) is 1.04. The van der Waals surface area contributed by atoms with E-state index in [2.05, 4.69) is 11.1 Å². The number of ether oxygens (including phenoxy) is 1. The van der Waals surface area contributed by atoms with Gasteiger partial charge in [-0.15, -0.1) is 11.3 Å². The van der Waals surface area contributed by atoms with Gasteiger partial charge in [0.2, 0.25) is 5.91 Å². The molecule has 0 unspecified atom stereocenters. The van der Waals surface area contributed by atoms with E-state index in [1.165, 1.54) is 16.9 Å². The summed E-state index contributed by atoms with van der Waals surface area (Å²) in [6, 6.07) is 8.03. The molecule has 0 radical (unpaired) electrons. The van der Waals surface area contributed by atoms with Crippen LogP contribution in [0, 0.1) is 0 Å². The number of thiazole rings is 1. The highest BCUT2D eigenvalue weighted by atomic mass is 32.1. The van der Waals surface area contributed by atoms with Crippen molar-refractivity contribution in [1.82, 2.24) is 9.88 Å². The number of carbonyl (C=O) groups excluding carboxylic acids is 1. The lowest BCUT2D eigenvalue weighted by Gasteiger charge is -2.21. The van der Waals surface area contributed by atoms with Gasteiger partial charge < -0.3 is 15.4 Å². The third kappa shape index (κ3) is 3.39. The van der Waals surface area contributed by atoms with Crippen molar-refractivity contribution in [1.29, 1.82) is 0 Å². The van der Waals surface area contributed by atoms with E-state index in [0.29, 0.717) is 24.5 Å². The maximum atomic E-state index is 12.2. The Balaban J connectivity index is 1.48. The molecule has 2 N–H and O–H groups in total. The summed E-state index contributed by atoms with van der Waals surface area (Å²) in [6.45, 7) is 0.604. The molecule has 0 saturated heterocycles. The second-order valence-corrected chi connectivity index (χ2v) is 6.39. The number of hydrogen-bond acceptors (Lipinski definition) is 5. The molecule has 5 nitrogen and oxygen atoms in total. The summed E-state index contributed by atoms with van der Waals surface area (Å²) in [7, 11) is 1.82. The van der Waals surface area contributed by atoms with Gasteiger partial charge in [0.05, 0.1) is 12.2 Å². The molecule has 1 atom stereocenters. The minimum Gasteiger partial charge on any atom is -0.488 e. The van der Waals surface area contributed by atoms with Crippen molar-refractivity contribution in [2.24, 2.45) is 0 Å². The van der Waals surface area contributed by atoms with Crippen molar-refractivity contribution in [2.75, 3.05) is 19.3 Å². The Morgan fingerprint density at radius 1 is 1.50 bits per heavy atom. The molecule has 1 aliphatic heterocycles. The molecule has 0 fully saturated rings. The van der Waals surface area contributed by atoms with Crippen molar-refractivity contribution in [3.05, 3.63) is 40.9 Å². The topological polar surface area (TPSA) is 68.5 Å². The van der Waals surface area contributed by atoms with Gasteiger partial charge in [-0.25, -0.2) is 4.98 Å². The predicted molar refractivity (Wildman–Crippen MR) is 87.0 cm³/mol. The second kappa shape index (κ2) is 6.36. The number of nitrogens with two attached hydrogens (primary N) is 1. The molecule has 2 heterocycles. The fraction of sp³-hybridized carbons (Fsp3) is 0.375. The van der Waals surface area contributed by atoms with Crippen LogP contribution < -0.4 is 10.5 Å². The van der Waals surface area contributed by atoms with Crippen LogP contribution in [-0.4, -0.2) is 35.5 Å². The molecule has 1 amide bonds. The number of fused-ring (bicyclic) bond motifs is 1. The normalized spacial score (nSPS) is 16.1. The molecular weight excluding hydrogens is 298 g/mol. The van der Waals surface area contributed by atoms with Crippen LogP contribution in [0.1, 0.15) is 17.7 Å². The molecule has 1 aromatic heterocycles. The molecule has 2 aromatic rings. The highest BCUT2D eigenvalue weighted by Gasteiger charge is 2.24. The maximum Gasteiger partial charge on any atom is 0.222 e. The summed E-state index contributed by atoms with van der Waals surface area (Å²) in [5.41, 5.74) is 7.69. The SMILES string of the molecule is CN(C[C@@H]1Cc2ccccc2O1)C(=O)CCc1csc(N)n1. The van der Waals surface area contributed by atoms with Gasteiger partial charge in [0.15, 0.2) is 5.13 Å². The molecular formula is C16H19N3O2S. The molecule has 1 aliphatic rings. The van der Waals surface area contributed by atoms with Gasteiger partial charge in [0, 0.05) is 25.3 Å². The molecule has 0 spiro atoms. The first-order valence-corrected chi connectivity index (χ1v) is 8.18. The van der Waals surface area contributed by atoms with Crippen LogP contribution in [0.15, 0.2) is 29.6 Å². The van der Waals surface area contributed by atoms with Gasteiger partial charge >= 0.3 is 0 Å². The number of benzene rings is 1. The van der Waals surface area contributed by atoms with E-state index in [1.54, 1.807) is 4.90 Å². The fourth-order valence-corrected chi connectivity index (χ4v) is 3.22. The third-order valence-corrected chi connectivity index (χ3v) is 4.50. The van der Waals surface area contributed by atoms with Gasteiger partial charge in [-0.05, 0) is 18.1 Å². The van der Waals surface area contributed by atoms with Crippen molar-refractivity contribution in [2.45, 2.75) is 25.4 Å². The van der Waals surface area contributed by atoms with Gasteiger partial charge in [-0.2, -0.15) is 0 Å². The van der Waals surface area contributed by atoms with Crippen LogP contribution in [0.4, 0.5) is 5.13 Å². The molecule has 116 valence electrons. The number of anilines is 1. The van der Waals surface area contributed by atoms with E-state index < -0.39 is 0 Å². The van der Waals surface area contributed by atoms with Gasteiger partial charge in [-0.3, -0.25) is 4.79 Å². The summed E-state index contributed by atoms with van der Waals surface area (Å²) >= 11 is 1.41. The largest absolute Gasteiger partial charge is 0.488 e. The third-order valence-electron chi connectivity index (χ3n) is 3.78. The van der Waals surface area contributed by atoms with Crippen molar-refractivity contribution >= 4 is 22.4 Å². The molecule has 0 bridgehead atoms. The zero-order valence-corrected chi connectivity index (χ0v) is 13.3. The average molecular weight is 317 g/mol. The number of aryl methyl sites for hydroxylation is 1. The van der Waals surface area contributed by atoms with Crippen LogP contribution >= 0.6 is 11.3 Å². The molecule has 3 rings (SSSR count). The maximum absolute atomic E-state index is 12.2. The van der Waals surface area contributed by atoms with Gasteiger partial charge in [-0.1, -0.05) is 18.2 Å². The Hall–Kier alpha value is -2.08. The predicted octanol–water partition coefficient (Wildman–Crippen LogP) is 2.12. The van der Waals surface area contributed by atoms with E-state index in [4.69, 9.17) is 10.5 Å². The van der Waals surface area contributed by atoms with Crippen molar-refractivity contribution < 1.29 is 9.53 Å².